The first kappa shape index (κ1) is 20.3. The number of amides is 1. The zero-order valence-electron chi connectivity index (χ0n) is 17.3. The molecule has 1 fully saturated rings. The lowest BCUT2D eigenvalue weighted by Gasteiger charge is -2.37. The zero-order chi connectivity index (χ0) is 22.1. The number of likely N-dealkylation sites (tertiary alicyclic amines) is 1. The number of H-pyrrole nitrogens is 1. The van der Waals surface area contributed by atoms with Gasteiger partial charge in [0.25, 0.3) is 11.8 Å². The summed E-state index contributed by atoms with van der Waals surface area (Å²) in [7, 11) is 0. The highest BCUT2D eigenvalue weighted by atomic mass is 35.5. The van der Waals surface area contributed by atoms with E-state index in [0.717, 1.165) is 12.8 Å². The molecule has 0 bridgehead atoms. The molecule has 32 heavy (non-hydrogen) atoms. The largest absolute Gasteiger partial charge is 0.356 e. The number of carbonyl (C=O) groups excluding carboxylic acids is 1. The highest BCUT2D eigenvalue weighted by Gasteiger charge is 2.33. The number of rotatable bonds is 4. The van der Waals surface area contributed by atoms with Gasteiger partial charge in [0.15, 0.2) is 5.82 Å². The van der Waals surface area contributed by atoms with Crippen molar-refractivity contribution < 1.29 is 9.32 Å². The number of carbonyl (C=O) groups is 1. The first-order valence-electron chi connectivity index (χ1n) is 10.3. The number of nitrogens with zero attached hydrogens (tertiary/aromatic N) is 6. The number of pyridine rings is 1. The molecule has 0 aromatic carbocycles. The van der Waals surface area contributed by atoms with Crippen LogP contribution in [0.4, 0.5) is 0 Å². The van der Waals surface area contributed by atoms with Crippen LogP contribution in [0.1, 0.15) is 41.9 Å². The number of aromatic nitrogens is 6. The van der Waals surface area contributed by atoms with Crippen molar-refractivity contribution in [2.45, 2.75) is 31.7 Å². The number of aromatic amines is 1. The molecule has 4 aromatic rings. The molecule has 5 heterocycles. The second-order valence-corrected chi connectivity index (χ2v) is 8.23. The molecular weight excluding hydrogens is 430 g/mol. The number of hydrogen-bond donors (Lipinski definition) is 1. The number of hydrogen-bond acceptors (Lipinski definition) is 7. The predicted molar refractivity (Wildman–Crippen MR) is 117 cm³/mol. The van der Waals surface area contributed by atoms with E-state index in [2.05, 4.69) is 37.0 Å². The molecule has 1 saturated heterocycles. The minimum absolute atomic E-state index is 0.0145. The van der Waals surface area contributed by atoms with Crippen LogP contribution >= 0.6 is 11.6 Å². The lowest BCUT2D eigenvalue weighted by Crippen LogP contribution is -2.45. The summed E-state index contributed by atoms with van der Waals surface area (Å²) in [5.74, 6) is 0.894. The van der Waals surface area contributed by atoms with Gasteiger partial charge in [-0.25, -0.2) is 0 Å². The van der Waals surface area contributed by atoms with Crippen LogP contribution in [0.2, 0.25) is 5.02 Å². The summed E-state index contributed by atoms with van der Waals surface area (Å²) in [5.41, 5.74) is 2.45. The van der Waals surface area contributed by atoms with Crippen molar-refractivity contribution >= 4 is 17.5 Å². The lowest BCUT2D eigenvalue weighted by atomic mass is 9.92. The summed E-state index contributed by atoms with van der Waals surface area (Å²) in [4.78, 5) is 35.5. The van der Waals surface area contributed by atoms with E-state index in [0.29, 0.717) is 45.9 Å². The van der Waals surface area contributed by atoms with Gasteiger partial charge in [0.2, 0.25) is 0 Å². The quantitative estimate of drug-likeness (QED) is 0.501. The van der Waals surface area contributed by atoms with E-state index in [-0.39, 0.29) is 17.9 Å². The molecule has 9 nitrogen and oxygen atoms in total. The van der Waals surface area contributed by atoms with Gasteiger partial charge in [-0.15, -0.1) is 0 Å². The summed E-state index contributed by atoms with van der Waals surface area (Å²) < 4.78 is 5.41. The number of halogens is 1. The third kappa shape index (κ3) is 3.99. The lowest BCUT2D eigenvalue weighted by molar-refractivity contribution is 0.0604. The monoisotopic (exact) mass is 449 g/mol. The Balaban J connectivity index is 1.36. The molecule has 0 saturated carbocycles. The highest BCUT2D eigenvalue weighted by Crippen LogP contribution is 2.31. The minimum atomic E-state index is -0.0605. The summed E-state index contributed by atoms with van der Waals surface area (Å²) in [6.07, 6.45) is 9.82. The third-order valence-corrected chi connectivity index (χ3v) is 5.88. The van der Waals surface area contributed by atoms with Gasteiger partial charge in [-0.2, -0.15) is 4.98 Å². The summed E-state index contributed by atoms with van der Waals surface area (Å²) >= 11 is 5.97. The average Bonchev–Trinajstić information content (AvgIpc) is 3.49. The van der Waals surface area contributed by atoms with Gasteiger partial charge in [0.05, 0.1) is 16.9 Å². The first-order chi connectivity index (χ1) is 15.6. The van der Waals surface area contributed by atoms with Gasteiger partial charge >= 0.3 is 0 Å². The van der Waals surface area contributed by atoms with Crippen LogP contribution in [0.5, 0.6) is 0 Å². The SMILES string of the molecule is C[C@@H]1CC[C@H](c2noc(-c3cc(Cl)c[nH]3)n2)CN1C(=O)c1ccnc(-c2cnccn2)c1. The van der Waals surface area contributed by atoms with Gasteiger partial charge in [-0.3, -0.25) is 19.7 Å². The Hall–Kier alpha value is -3.59. The fourth-order valence-electron chi connectivity index (χ4n) is 3.90. The van der Waals surface area contributed by atoms with Crippen molar-refractivity contribution in [2.24, 2.45) is 0 Å². The molecule has 5 rings (SSSR count). The molecule has 2 atom stereocenters. The fourth-order valence-corrected chi connectivity index (χ4v) is 4.07. The van der Waals surface area contributed by atoms with Crippen LogP contribution < -0.4 is 0 Å². The maximum absolute atomic E-state index is 13.4. The Kier molecular flexibility index (Phi) is 5.40. The van der Waals surface area contributed by atoms with Gasteiger partial charge in [-0.1, -0.05) is 16.8 Å². The van der Waals surface area contributed by atoms with Gasteiger partial charge < -0.3 is 14.4 Å². The van der Waals surface area contributed by atoms with Crippen molar-refractivity contribution in [3.05, 3.63) is 65.6 Å². The van der Waals surface area contributed by atoms with E-state index in [1.807, 2.05) is 4.90 Å². The van der Waals surface area contributed by atoms with Crippen molar-refractivity contribution in [1.29, 1.82) is 0 Å². The Morgan fingerprint density at radius 3 is 2.84 bits per heavy atom. The van der Waals surface area contributed by atoms with Crippen molar-refractivity contribution in [1.82, 2.24) is 35.0 Å². The van der Waals surface area contributed by atoms with E-state index in [9.17, 15) is 4.79 Å². The van der Waals surface area contributed by atoms with Gasteiger partial charge in [0, 0.05) is 48.9 Å². The molecule has 162 valence electrons. The van der Waals surface area contributed by atoms with Gasteiger partial charge in [0.1, 0.15) is 11.4 Å². The predicted octanol–water partition coefficient (Wildman–Crippen LogP) is 3.98. The van der Waals surface area contributed by atoms with Crippen LogP contribution in [0.25, 0.3) is 23.0 Å². The Labute approximate surface area is 188 Å². The molecular formula is C22H20ClN7O2. The van der Waals surface area contributed by atoms with E-state index >= 15 is 0 Å². The average molecular weight is 450 g/mol. The molecule has 1 amide bonds. The molecule has 0 radical (unpaired) electrons. The zero-order valence-corrected chi connectivity index (χ0v) is 18.0. The van der Waals surface area contributed by atoms with Crippen LogP contribution in [0.3, 0.4) is 0 Å². The Morgan fingerprint density at radius 2 is 2.06 bits per heavy atom. The Morgan fingerprint density at radius 1 is 1.19 bits per heavy atom. The van der Waals surface area contributed by atoms with Crippen LogP contribution in [-0.4, -0.2) is 53.5 Å². The molecule has 0 aliphatic carbocycles. The topological polar surface area (TPSA) is 114 Å². The standard InChI is InChI=1S/C22H20ClN7O2/c1-13-2-3-15(20-28-21(32-29-20)18-9-16(23)10-27-18)12-30(13)22(31)14-4-5-25-17(8-14)19-11-24-6-7-26-19/h4-11,13,15,27H,2-3,12H2,1H3/t13-,15+/m1/s1. The minimum Gasteiger partial charge on any atom is -0.356 e. The molecule has 0 unspecified atom stereocenters. The van der Waals surface area contributed by atoms with Crippen LogP contribution in [0, 0.1) is 0 Å². The highest BCUT2D eigenvalue weighted by molar-refractivity contribution is 6.30. The van der Waals surface area contributed by atoms with E-state index in [1.165, 1.54) is 0 Å². The smallest absolute Gasteiger partial charge is 0.274 e. The van der Waals surface area contributed by atoms with Crippen molar-refractivity contribution in [3.8, 4) is 23.0 Å². The molecule has 1 aliphatic heterocycles. The maximum atomic E-state index is 13.4. The number of piperidine rings is 1. The second-order valence-electron chi connectivity index (χ2n) is 7.79. The molecule has 0 spiro atoms. The van der Waals surface area contributed by atoms with E-state index < -0.39 is 0 Å². The Bertz CT molecular complexity index is 1240. The van der Waals surface area contributed by atoms with Crippen molar-refractivity contribution in [2.75, 3.05) is 6.54 Å². The number of nitrogens with one attached hydrogen (secondary N) is 1. The molecule has 4 aromatic heterocycles. The van der Waals surface area contributed by atoms with Crippen LogP contribution in [0.15, 0.2) is 53.7 Å². The fraction of sp³-hybridized carbons (Fsp3) is 0.273. The maximum Gasteiger partial charge on any atom is 0.274 e. The molecule has 1 N–H and O–H groups in total. The van der Waals surface area contributed by atoms with Crippen molar-refractivity contribution in [3.63, 3.8) is 0 Å². The summed E-state index contributed by atoms with van der Waals surface area (Å²) in [6, 6.07) is 5.31. The summed E-state index contributed by atoms with van der Waals surface area (Å²) in [6.45, 7) is 2.56. The second kappa shape index (κ2) is 8.51. The molecule has 10 heteroatoms. The van der Waals surface area contributed by atoms with E-state index in [4.69, 9.17) is 16.1 Å². The summed E-state index contributed by atoms with van der Waals surface area (Å²) in [5, 5.41) is 4.73. The van der Waals surface area contributed by atoms with E-state index in [1.54, 1.807) is 49.2 Å². The third-order valence-electron chi connectivity index (χ3n) is 5.66. The normalized spacial score (nSPS) is 18.6. The first-order valence-corrected chi connectivity index (χ1v) is 10.7. The molecule has 1 aliphatic rings. The van der Waals surface area contributed by atoms with Gasteiger partial charge in [-0.05, 0) is 38.0 Å². The van der Waals surface area contributed by atoms with Crippen LogP contribution in [-0.2, 0) is 0 Å².